The Kier molecular flexibility index (Phi) is 25.0. The van der Waals surface area contributed by atoms with Gasteiger partial charge in [-0.1, -0.05) is 141 Å². The van der Waals surface area contributed by atoms with Crippen LogP contribution >= 0.6 is 0 Å². The molecule has 0 unspecified atom stereocenters. The number of hydrogen-bond acceptors (Lipinski definition) is 0. The van der Waals surface area contributed by atoms with Crippen molar-refractivity contribution in [1.29, 1.82) is 0 Å². The minimum atomic E-state index is 1.22. The van der Waals surface area contributed by atoms with Gasteiger partial charge >= 0.3 is 0 Å². The van der Waals surface area contributed by atoms with Crippen LogP contribution in [0.15, 0.2) is 24.3 Å². The van der Waals surface area contributed by atoms with Gasteiger partial charge in [-0.3, -0.25) is 0 Å². The molecule has 0 saturated carbocycles. The highest BCUT2D eigenvalue weighted by molar-refractivity contribution is 4.87. The Labute approximate surface area is 173 Å². The van der Waals surface area contributed by atoms with E-state index in [-0.39, 0.29) is 0 Å². The van der Waals surface area contributed by atoms with E-state index in [0.29, 0.717) is 0 Å². The summed E-state index contributed by atoms with van der Waals surface area (Å²) < 4.78 is 0. The first kappa shape index (κ1) is 26.5. The lowest BCUT2D eigenvalue weighted by Crippen LogP contribution is -1.83. The van der Waals surface area contributed by atoms with Gasteiger partial charge in [-0.15, -0.1) is 0 Å². The number of rotatable bonds is 22. The van der Waals surface area contributed by atoms with E-state index < -0.39 is 0 Å². The summed E-state index contributed by atoms with van der Waals surface area (Å²) in [5, 5.41) is 0. The summed E-state index contributed by atoms with van der Waals surface area (Å²) >= 11 is 0. The average molecular weight is 377 g/mol. The van der Waals surface area contributed by atoms with E-state index in [4.69, 9.17) is 0 Å². The van der Waals surface area contributed by atoms with Gasteiger partial charge in [0.2, 0.25) is 0 Å². The quantitative estimate of drug-likeness (QED) is 0.130. The summed E-state index contributed by atoms with van der Waals surface area (Å²) in [6, 6.07) is 0. The summed E-state index contributed by atoms with van der Waals surface area (Å²) in [7, 11) is 0. The maximum absolute atomic E-state index is 2.40. The molecule has 0 aliphatic rings. The van der Waals surface area contributed by atoms with Crippen LogP contribution in [0.5, 0.6) is 0 Å². The minimum Gasteiger partial charge on any atom is -0.0885 e. The largest absolute Gasteiger partial charge is 0.0885 e. The van der Waals surface area contributed by atoms with E-state index in [9.17, 15) is 0 Å². The van der Waals surface area contributed by atoms with E-state index >= 15 is 0 Å². The zero-order valence-corrected chi connectivity index (χ0v) is 19.2. The van der Waals surface area contributed by atoms with Crippen molar-refractivity contribution in [3.8, 4) is 0 Å². The molecule has 27 heavy (non-hydrogen) atoms. The maximum atomic E-state index is 2.40. The van der Waals surface area contributed by atoms with Gasteiger partial charge in [0, 0.05) is 0 Å². The van der Waals surface area contributed by atoms with Crippen molar-refractivity contribution >= 4 is 0 Å². The molecule has 0 spiro atoms. The summed E-state index contributed by atoms with van der Waals surface area (Å²) in [6.45, 7) is 4.56. The van der Waals surface area contributed by atoms with E-state index in [1.165, 1.54) is 135 Å². The normalized spacial score (nSPS) is 11.9. The highest BCUT2D eigenvalue weighted by Gasteiger charge is 1.94. The molecule has 0 aromatic rings. The van der Waals surface area contributed by atoms with Crippen molar-refractivity contribution in [3.63, 3.8) is 0 Å². The molecule has 0 atom stereocenters. The van der Waals surface area contributed by atoms with Crippen LogP contribution < -0.4 is 0 Å². The van der Waals surface area contributed by atoms with Crippen LogP contribution in [-0.2, 0) is 0 Å². The topological polar surface area (TPSA) is 0 Å². The second-order valence-electron chi connectivity index (χ2n) is 8.40. The highest BCUT2D eigenvalue weighted by atomic mass is 14.0. The molecule has 0 bridgehead atoms. The summed E-state index contributed by atoms with van der Waals surface area (Å²) in [5.74, 6) is 0. The third-order valence-corrected chi connectivity index (χ3v) is 5.53. The first-order valence-corrected chi connectivity index (χ1v) is 12.7. The van der Waals surface area contributed by atoms with Crippen LogP contribution in [0.1, 0.15) is 149 Å². The van der Waals surface area contributed by atoms with E-state index in [2.05, 4.69) is 38.2 Å². The Bertz CT molecular complexity index is 299. The third kappa shape index (κ3) is 25.5. The number of unbranched alkanes of at least 4 members (excludes halogenated alkanes) is 18. The third-order valence-electron chi connectivity index (χ3n) is 5.53. The molecule has 0 aromatic carbocycles. The Morgan fingerprint density at radius 2 is 0.593 bits per heavy atom. The average Bonchev–Trinajstić information content (AvgIpc) is 2.68. The zero-order chi connectivity index (χ0) is 19.7. The van der Waals surface area contributed by atoms with E-state index in [1.807, 2.05) is 0 Å². The Hall–Kier alpha value is -0.520. The van der Waals surface area contributed by atoms with Crippen molar-refractivity contribution in [2.24, 2.45) is 0 Å². The van der Waals surface area contributed by atoms with Crippen molar-refractivity contribution in [3.05, 3.63) is 24.3 Å². The molecule has 0 fully saturated rings. The molecule has 0 radical (unpaired) electrons. The van der Waals surface area contributed by atoms with Crippen LogP contribution in [-0.4, -0.2) is 0 Å². The minimum absolute atomic E-state index is 1.22. The molecule has 0 N–H and O–H groups in total. The molecule has 0 amide bonds. The first-order valence-electron chi connectivity index (χ1n) is 12.7. The van der Waals surface area contributed by atoms with Gasteiger partial charge in [0.05, 0.1) is 0 Å². The molecule has 0 aromatic heterocycles. The Morgan fingerprint density at radius 3 is 1.00 bits per heavy atom. The number of allylic oxidation sites excluding steroid dienone is 4. The lowest BCUT2D eigenvalue weighted by molar-refractivity contribution is 0.533. The van der Waals surface area contributed by atoms with Crippen molar-refractivity contribution < 1.29 is 0 Å². The predicted molar refractivity (Wildman–Crippen MR) is 127 cm³/mol. The fourth-order valence-electron chi connectivity index (χ4n) is 3.62. The monoisotopic (exact) mass is 376 g/mol. The van der Waals surface area contributed by atoms with Crippen LogP contribution in [0.25, 0.3) is 0 Å². The van der Waals surface area contributed by atoms with Gasteiger partial charge in [0.1, 0.15) is 0 Å². The van der Waals surface area contributed by atoms with Gasteiger partial charge < -0.3 is 0 Å². The van der Waals surface area contributed by atoms with Gasteiger partial charge in [-0.05, 0) is 32.1 Å². The molecule has 0 nitrogen and oxygen atoms in total. The van der Waals surface area contributed by atoms with Crippen LogP contribution in [0.2, 0.25) is 0 Å². The van der Waals surface area contributed by atoms with Gasteiger partial charge in [-0.25, -0.2) is 0 Å². The fourth-order valence-corrected chi connectivity index (χ4v) is 3.62. The molecular formula is C27H52. The molecule has 0 heteroatoms. The standard InChI is InChI=1S/C27H52/c1-3-5-7-9-11-13-15-17-19-21-23-25-27-26-24-22-20-18-16-14-12-10-8-6-4-2/h9,11,17,19H,3-8,10,12-16,18,20-27H2,1-2H3. The lowest BCUT2D eigenvalue weighted by atomic mass is 10.0. The smallest absolute Gasteiger partial charge is 0.0316 e. The second kappa shape index (κ2) is 25.5. The van der Waals surface area contributed by atoms with Crippen LogP contribution in [0.3, 0.4) is 0 Å². The maximum Gasteiger partial charge on any atom is -0.0316 e. The highest BCUT2D eigenvalue weighted by Crippen LogP contribution is 2.13. The van der Waals surface area contributed by atoms with Crippen molar-refractivity contribution in [1.82, 2.24) is 0 Å². The molecular weight excluding hydrogens is 324 g/mol. The lowest BCUT2D eigenvalue weighted by Gasteiger charge is -2.03. The molecule has 0 aliphatic heterocycles. The summed E-state index contributed by atoms with van der Waals surface area (Å²) in [4.78, 5) is 0. The molecule has 0 rings (SSSR count). The van der Waals surface area contributed by atoms with Gasteiger partial charge in [0.15, 0.2) is 0 Å². The molecule has 0 heterocycles. The van der Waals surface area contributed by atoms with Crippen molar-refractivity contribution in [2.75, 3.05) is 0 Å². The Balaban J connectivity index is 3.08. The van der Waals surface area contributed by atoms with Crippen LogP contribution in [0.4, 0.5) is 0 Å². The van der Waals surface area contributed by atoms with Gasteiger partial charge in [0.25, 0.3) is 0 Å². The van der Waals surface area contributed by atoms with E-state index in [0.717, 1.165) is 0 Å². The first-order chi connectivity index (χ1) is 13.4. The van der Waals surface area contributed by atoms with Gasteiger partial charge in [-0.2, -0.15) is 0 Å². The second-order valence-corrected chi connectivity index (χ2v) is 8.40. The van der Waals surface area contributed by atoms with E-state index in [1.54, 1.807) is 0 Å². The molecule has 160 valence electrons. The fraction of sp³-hybridized carbons (Fsp3) is 0.852. The number of hydrogen-bond donors (Lipinski definition) is 0. The summed E-state index contributed by atoms with van der Waals surface area (Å²) in [5.41, 5.74) is 0. The SMILES string of the molecule is CCCCC=CCCC=CCCCCCCCCCCCCCCCCC. The molecule has 0 saturated heterocycles. The van der Waals surface area contributed by atoms with Crippen molar-refractivity contribution in [2.45, 2.75) is 149 Å². The Morgan fingerprint density at radius 1 is 0.296 bits per heavy atom. The zero-order valence-electron chi connectivity index (χ0n) is 19.2. The van der Waals surface area contributed by atoms with Crippen LogP contribution in [0, 0.1) is 0 Å². The predicted octanol–water partition coefficient (Wildman–Crippen LogP) is 10.3. The summed E-state index contributed by atoms with van der Waals surface area (Å²) in [6.07, 6.45) is 38.9. The molecule has 0 aliphatic carbocycles.